The Hall–Kier alpha value is -5.09. The molecule has 0 saturated carbocycles. The number of carboxylic acid groups (broad SMARTS) is 2. The Kier molecular flexibility index (Phi) is 9.00. The summed E-state index contributed by atoms with van der Waals surface area (Å²) in [5, 5.41) is 26.5. The predicted octanol–water partition coefficient (Wildman–Crippen LogP) is 4.24. The maximum Gasteiger partial charge on any atom is 0.328 e. The molecule has 184 valence electrons. The molecule has 0 aliphatic heterocycles. The van der Waals surface area contributed by atoms with Gasteiger partial charge in [-0.1, -0.05) is 60.7 Å². The average molecular weight is 494 g/mol. The largest absolute Gasteiger partial charge is 0.478 e. The highest BCUT2D eigenvalue weighted by molar-refractivity contribution is 5.97. The number of hydrogen-bond acceptors (Lipinski definition) is 5. The second-order valence-corrected chi connectivity index (χ2v) is 8.28. The number of rotatable bonds is 11. The number of hydrogen-bond donors (Lipinski definition) is 2. The van der Waals surface area contributed by atoms with Gasteiger partial charge < -0.3 is 10.2 Å². The van der Waals surface area contributed by atoms with Crippen LogP contribution in [0.25, 0.3) is 0 Å². The lowest BCUT2D eigenvalue weighted by Gasteiger charge is -2.20. The summed E-state index contributed by atoms with van der Waals surface area (Å²) >= 11 is 0. The summed E-state index contributed by atoms with van der Waals surface area (Å²) in [6.07, 6.45) is 3.86. The molecular formula is C30H23NO6. The van der Waals surface area contributed by atoms with E-state index < -0.39 is 11.9 Å². The summed E-state index contributed by atoms with van der Waals surface area (Å²) in [7, 11) is 0. The molecule has 0 unspecified atom stereocenters. The lowest BCUT2D eigenvalue weighted by Crippen LogP contribution is -2.06. The lowest BCUT2D eigenvalue weighted by molar-refractivity contribution is -0.132. The van der Waals surface area contributed by atoms with E-state index in [1.54, 1.807) is 12.1 Å². The van der Waals surface area contributed by atoms with Crippen molar-refractivity contribution in [3.63, 3.8) is 0 Å². The molecule has 3 rings (SSSR count). The van der Waals surface area contributed by atoms with Crippen LogP contribution in [-0.4, -0.2) is 33.7 Å². The van der Waals surface area contributed by atoms with Crippen molar-refractivity contribution >= 4 is 23.5 Å². The normalized spacial score (nSPS) is 11.0. The van der Waals surface area contributed by atoms with Crippen molar-refractivity contribution in [2.45, 2.75) is 18.8 Å². The van der Waals surface area contributed by atoms with Crippen molar-refractivity contribution in [1.29, 1.82) is 5.26 Å². The summed E-state index contributed by atoms with van der Waals surface area (Å²) in [6, 6.07) is 24.2. The molecular weight excluding hydrogens is 470 g/mol. The number of allylic oxidation sites excluding steroid dienone is 2. The zero-order valence-electron chi connectivity index (χ0n) is 19.7. The van der Waals surface area contributed by atoms with Gasteiger partial charge in [-0.2, -0.15) is 5.26 Å². The maximum atomic E-state index is 12.0. The predicted molar refractivity (Wildman–Crippen MR) is 136 cm³/mol. The quantitative estimate of drug-likeness (QED) is 0.301. The Bertz CT molecular complexity index is 1310. The smallest absolute Gasteiger partial charge is 0.328 e. The van der Waals surface area contributed by atoms with Crippen molar-refractivity contribution in [3.05, 3.63) is 130 Å². The third kappa shape index (κ3) is 7.98. The standard InChI is InChI=1S/C30H23NO6/c31-19-22-5-11-25(12-6-22)30(23-7-1-20(2-8-23)17-26(32)13-15-28(34)35)24-9-3-21(4-10-24)18-27(33)14-16-29(36)37/h1-16,30H,17-18H2,(H,34,35)(H,36,37)/b15-13+,16-14+. The molecule has 7 heteroatoms. The Morgan fingerprint density at radius 3 is 1.30 bits per heavy atom. The molecule has 3 aromatic carbocycles. The van der Waals surface area contributed by atoms with Crippen molar-refractivity contribution in [2.75, 3.05) is 0 Å². The van der Waals surface area contributed by atoms with Gasteiger partial charge in [-0.15, -0.1) is 0 Å². The summed E-state index contributed by atoms with van der Waals surface area (Å²) in [4.78, 5) is 45.2. The number of carbonyl (C=O) groups excluding carboxylic acids is 2. The highest BCUT2D eigenvalue weighted by Gasteiger charge is 2.17. The number of carboxylic acids is 2. The van der Waals surface area contributed by atoms with Crippen molar-refractivity contribution in [1.82, 2.24) is 0 Å². The molecule has 7 nitrogen and oxygen atoms in total. The van der Waals surface area contributed by atoms with Gasteiger partial charge in [0.05, 0.1) is 11.6 Å². The number of aliphatic carboxylic acids is 2. The van der Waals surface area contributed by atoms with Gasteiger partial charge in [0.2, 0.25) is 0 Å². The van der Waals surface area contributed by atoms with E-state index in [9.17, 15) is 19.2 Å². The molecule has 2 N–H and O–H groups in total. The minimum atomic E-state index is -1.18. The fraction of sp³-hybridized carbons (Fsp3) is 0.100. The number of nitriles is 1. The monoisotopic (exact) mass is 493 g/mol. The second-order valence-electron chi connectivity index (χ2n) is 8.28. The zero-order valence-corrected chi connectivity index (χ0v) is 19.7. The van der Waals surface area contributed by atoms with Crippen LogP contribution < -0.4 is 0 Å². The van der Waals surface area contributed by atoms with E-state index >= 15 is 0 Å². The van der Waals surface area contributed by atoms with Gasteiger partial charge in [0.15, 0.2) is 11.6 Å². The fourth-order valence-electron chi connectivity index (χ4n) is 3.83. The van der Waals surface area contributed by atoms with Gasteiger partial charge >= 0.3 is 11.9 Å². The van der Waals surface area contributed by atoms with E-state index in [-0.39, 0.29) is 30.3 Å². The first-order valence-corrected chi connectivity index (χ1v) is 11.3. The van der Waals surface area contributed by atoms with Gasteiger partial charge in [0, 0.05) is 30.9 Å². The summed E-state index contributed by atoms with van der Waals surface area (Å²) in [5.74, 6) is -3.19. The number of carbonyl (C=O) groups is 4. The molecule has 0 bridgehead atoms. The van der Waals surface area contributed by atoms with E-state index in [1.165, 1.54) is 0 Å². The minimum absolute atomic E-state index is 0.0741. The second kappa shape index (κ2) is 12.6. The first-order chi connectivity index (χ1) is 17.7. The number of nitrogens with zero attached hydrogens (tertiary/aromatic N) is 1. The van der Waals surface area contributed by atoms with E-state index in [2.05, 4.69) is 6.07 Å². The van der Waals surface area contributed by atoms with E-state index in [4.69, 9.17) is 15.5 Å². The van der Waals surface area contributed by atoms with Crippen LogP contribution in [0.15, 0.2) is 97.1 Å². The zero-order chi connectivity index (χ0) is 26.8. The third-order valence-electron chi connectivity index (χ3n) is 5.58. The maximum absolute atomic E-state index is 12.0. The Labute approximate surface area is 213 Å². The Balaban J connectivity index is 1.88. The molecule has 0 amide bonds. The Morgan fingerprint density at radius 2 is 0.973 bits per heavy atom. The number of benzene rings is 3. The Morgan fingerprint density at radius 1 is 0.622 bits per heavy atom. The highest BCUT2D eigenvalue weighted by Crippen LogP contribution is 2.32. The van der Waals surface area contributed by atoms with Crippen LogP contribution in [0.2, 0.25) is 0 Å². The van der Waals surface area contributed by atoms with Gasteiger partial charge in [0.25, 0.3) is 0 Å². The molecule has 0 aliphatic carbocycles. The van der Waals surface area contributed by atoms with Crippen molar-refractivity contribution in [2.24, 2.45) is 0 Å². The van der Waals surface area contributed by atoms with E-state index in [0.29, 0.717) is 5.56 Å². The summed E-state index contributed by atoms with van der Waals surface area (Å²) in [6.45, 7) is 0. The molecule has 0 spiro atoms. The van der Waals surface area contributed by atoms with Crippen LogP contribution in [0.3, 0.4) is 0 Å². The average Bonchev–Trinajstić information content (AvgIpc) is 2.89. The van der Waals surface area contributed by atoms with Gasteiger partial charge in [-0.25, -0.2) is 9.59 Å². The van der Waals surface area contributed by atoms with Crippen LogP contribution in [0.5, 0.6) is 0 Å². The summed E-state index contributed by atoms with van der Waals surface area (Å²) in [5.41, 5.74) is 4.84. The van der Waals surface area contributed by atoms with E-state index in [1.807, 2.05) is 60.7 Å². The van der Waals surface area contributed by atoms with Crippen LogP contribution in [0.4, 0.5) is 0 Å². The van der Waals surface area contributed by atoms with Gasteiger partial charge in [-0.05, 0) is 52.1 Å². The molecule has 0 aromatic heterocycles. The minimum Gasteiger partial charge on any atom is -0.478 e. The highest BCUT2D eigenvalue weighted by atomic mass is 16.4. The first kappa shape index (κ1) is 26.5. The SMILES string of the molecule is N#Cc1ccc(C(c2ccc(CC(=O)/C=C/C(=O)O)cc2)c2ccc(CC(=O)/C=C/C(=O)O)cc2)cc1. The van der Waals surface area contributed by atoms with Crippen LogP contribution in [0, 0.1) is 11.3 Å². The molecule has 0 radical (unpaired) electrons. The lowest BCUT2D eigenvalue weighted by atomic mass is 9.84. The van der Waals surface area contributed by atoms with Crippen LogP contribution >= 0.6 is 0 Å². The first-order valence-electron chi connectivity index (χ1n) is 11.3. The molecule has 0 atom stereocenters. The summed E-state index contributed by atoms with van der Waals surface area (Å²) < 4.78 is 0. The van der Waals surface area contributed by atoms with Crippen LogP contribution in [0.1, 0.15) is 39.3 Å². The molecule has 0 aliphatic rings. The van der Waals surface area contributed by atoms with Crippen LogP contribution in [-0.2, 0) is 32.0 Å². The fourth-order valence-corrected chi connectivity index (χ4v) is 3.83. The van der Waals surface area contributed by atoms with E-state index in [0.717, 1.165) is 52.1 Å². The molecule has 3 aromatic rings. The number of ketones is 2. The molecule has 37 heavy (non-hydrogen) atoms. The van der Waals surface area contributed by atoms with Crippen molar-refractivity contribution in [3.8, 4) is 6.07 Å². The van der Waals surface area contributed by atoms with Gasteiger partial charge in [0.1, 0.15) is 0 Å². The molecule has 0 fully saturated rings. The molecule has 0 heterocycles. The molecule has 0 saturated heterocycles. The topological polar surface area (TPSA) is 133 Å². The third-order valence-corrected chi connectivity index (χ3v) is 5.58. The van der Waals surface area contributed by atoms with Crippen molar-refractivity contribution < 1.29 is 29.4 Å². The van der Waals surface area contributed by atoms with Gasteiger partial charge in [-0.3, -0.25) is 9.59 Å².